The molecule has 0 unspecified atom stereocenters. The molecule has 0 fully saturated rings. The highest BCUT2D eigenvalue weighted by atomic mass is 32.2. The van der Waals surface area contributed by atoms with Gasteiger partial charge in [0.2, 0.25) is 16.0 Å². The molecule has 0 radical (unpaired) electrons. The third-order valence-corrected chi connectivity index (χ3v) is 3.40. The number of carbonyl (C=O) groups excluding carboxylic acids is 1. The van der Waals surface area contributed by atoms with E-state index in [0.29, 0.717) is 0 Å². The molecular weight excluding hydrogens is 263 g/mol. The Morgan fingerprint density at radius 1 is 1.50 bits per heavy atom. The minimum absolute atomic E-state index is 0.0269. The molecule has 0 saturated carbocycles. The molecule has 8 heteroatoms. The van der Waals surface area contributed by atoms with Gasteiger partial charge in [0.05, 0.1) is 24.7 Å². The monoisotopic (exact) mass is 276 g/mol. The van der Waals surface area contributed by atoms with Crippen LogP contribution in [0.1, 0.15) is 12.8 Å². The number of pyridine rings is 1. The van der Waals surface area contributed by atoms with Crippen molar-refractivity contribution >= 4 is 21.7 Å². The summed E-state index contributed by atoms with van der Waals surface area (Å²) in [5, 5.41) is 0. The first-order chi connectivity index (χ1) is 8.43. The number of hydrogen-bond donors (Lipinski definition) is 1. The molecule has 0 aliphatic rings. The summed E-state index contributed by atoms with van der Waals surface area (Å²) < 4.78 is 42.3. The van der Waals surface area contributed by atoms with Gasteiger partial charge in [0.25, 0.3) is 0 Å². The van der Waals surface area contributed by atoms with Crippen LogP contribution in [0, 0.1) is 5.95 Å². The maximum absolute atomic E-state index is 12.5. The van der Waals surface area contributed by atoms with E-state index in [-0.39, 0.29) is 24.3 Å². The molecule has 0 spiro atoms. The van der Waals surface area contributed by atoms with Crippen molar-refractivity contribution < 1.29 is 22.3 Å². The number of aromatic nitrogens is 1. The van der Waals surface area contributed by atoms with Crippen LogP contribution in [-0.2, 0) is 19.6 Å². The number of halogens is 1. The molecule has 18 heavy (non-hydrogen) atoms. The predicted molar refractivity (Wildman–Crippen MR) is 62.9 cm³/mol. The molecule has 0 aromatic carbocycles. The van der Waals surface area contributed by atoms with Crippen molar-refractivity contribution in [2.75, 3.05) is 17.6 Å². The van der Waals surface area contributed by atoms with Gasteiger partial charge in [-0.05, 0) is 18.6 Å². The van der Waals surface area contributed by atoms with Crippen LogP contribution in [0.4, 0.5) is 10.1 Å². The number of sulfonamides is 1. The summed E-state index contributed by atoms with van der Waals surface area (Å²) in [6.07, 6.45) is 1.25. The Hall–Kier alpha value is -1.70. The maximum Gasteiger partial charge on any atom is 0.305 e. The molecule has 6 nitrogen and oxygen atoms in total. The van der Waals surface area contributed by atoms with Crippen LogP contribution in [0.2, 0.25) is 0 Å². The lowest BCUT2D eigenvalue weighted by Gasteiger charge is -2.06. The second-order valence-electron chi connectivity index (χ2n) is 3.47. The van der Waals surface area contributed by atoms with Crippen LogP contribution >= 0.6 is 0 Å². The van der Waals surface area contributed by atoms with Crippen LogP contribution in [0.5, 0.6) is 0 Å². The highest BCUT2D eigenvalue weighted by molar-refractivity contribution is 7.92. The van der Waals surface area contributed by atoms with Crippen molar-refractivity contribution in [1.82, 2.24) is 4.98 Å². The summed E-state index contributed by atoms with van der Waals surface area (Å²) in [6.45, 7) is 0. The van der Waals surface area contributed by atoms with Crippen molar-refractivity contribution in [1.29, 1.82) is 0 Å². The molecule has 0 aliphatic heterocycles. The van der Waals surface area contributed by atoms with Crippen molar-refractivity contribution in [2.24, 2.45) is 0 Å². The lowest BCUT2D eigenvalue weighted by molar-refractivity contribution is -0.140. The maximum atomic E-state index is 12.5. The highest BCUT2D eigenvalue weighted by Gasteiger charge is 2.12. The molecule has 0 amide bonds. The second kappa shape index (κ2) is 6.29. The average molecular weight is 276 g/mol. The minimum atomic E-state index is -3.57. The molecule has 1 rings (SSSR count). The van der Waals surface area contributed by atoms with E-state index in [9.17, 15) is 17.6 Å². The van der Waals surface area contributed by atoms with E-state index in [1.807, 2.05) is 0 Å². The van der Waals surface area contributed by atoms with Crippen molar-refractivity contribution in [3.63, 3.8) is 0 Å². The Kier molecular flexibility index (Phi) is 5.02. The zero-order chi connectivity index (χ0) is 13.6. The van der Waals surface area contributed by atoms with E-state index in [2.05, 4.69) is 14.4 Å². The molecule has 0 atom stereocenters. The third-order valence-electron chi connectivity index (χ3n) is 2.02. The van der Waals surface area contributed by atoms with Gasteiger partial charge in [0.1, 0.15) is 0 Å². The first-order valence-electron chi connectivity index (χ1n) is 5.12. The number of anilines is 1. The quantitative estimate of drug-likeness (QED) is 0.616. The number of ether oxygens (including phenoxy) is 1. The van der Waals surface area contributed by atoms with Crippen LogP contribution in [0.3, 0.4) is 0 Å². The molecule has 1 aromatic heterocycles. The smallest absolute Gasteiger partial charge is 0.305 e. The van der Waals surface area contributed by atoms with Crippen molar-refractivity contribution in [2.45, 2.75) is 12.8 Å². The number of nitrogens with zero attached hydrogens (tertiary/aromatic N) is 1. The summed E-state index contributed by atoms with van der Waals surface area (Å²) in [5.41, 5.74) is 0.175. The van der Waals surface area contributed by atoms with Crippen LogP contribution in [0.25, 0.3) is 0 Å². The number of carbonyl (C=O) groups is 1. The van der Waals surface area contributed by atoms with Gasteiger partial charge in [-0.15, -0.1) is 0 Å². The lowest BCUT2D eigenvalue weighted by atomic mass is 10.3. The largest absolute Gasteiger partial charge is 0.469 e. The normalized spacial score (nSPS) is 11.0. The van der Waals surface area contributed by atoms with Crippen molar-refractivity contribution in [3.05, 3.63) is 24.3 Å². The summed E-state index contributed by atoms with van der Waals surface area (Å²) in [5.74, 6) is -1.38. The Bertz CT molecular complexity index is 501. The first-order valence-corrected chi connectivity index (χ1v) is 6.77. The predicted octanol–water partition coefficient (Wildman–Crippen LogP) is 0.916. The Balaban J connectivity index is 2.49. The number of esters is 1. The van der Waals surface area contributed by atoms with Crippen molar-refractivity contribution in [3.8, 4) is 0 Å². The second-order valence-corrected chi connectivity index (χ2v) is 5.31. The zero-order valence-corrected chi connectivity index (χ0v) is 10.5. The molecule has 1 heterocycles. The summed E-state index contributed by atoms with van der Waals surface area (Å²) in [6, 6.07) is 2.31. The fourth-order valence-electron chi connectivity index (χ4n) is 1.18. The van der Waals surface area contributed by atoms with Gasteiger partial charge in [-0.1, -0.05) is 0 Å². The number of nitrogens with one attached hydrogen (secondary N) is 1. The van der Waals surface area contributed by atoms with Gasteiger partial charge >= 0.3 is 5.97 Å². The molecular formula is C10H13FN2O4S. The Morgan fingerprint density at radius 3 is 2.78 bits per heavy atom. The van der Waals surface area contributed by atoms with E-state index in [1.54, 1.807) is 0 Å². The highest BCUT2D eigenvalue weighted by Crippen LogP contribution is 2.09. The van der Waals surface area contributed by atoms with Crippen LogP contribution in [0.15, 0.2) is 18.3 Å². The molecule has 0 aliphatic carbocycles. The topological polar surface area (TPSA) is 85.4 Å². The standard InChI is InChI=1S/C10H13FN2O4S/c1-17-10(14)3-2-6-18(15,16)13-8-4-5-9(11)12-7-8/h4-5,7,13H,2-3,6H2,1H3. The molecule has 100 valence electrons. The minimum Gasteiger partial charge on any atom is -0.469 e. The molecule has 0 saturated heterocycles. The molecule has 1 N–H and O–H groups in total. The van der Waals surface area contributed by atoms with Crippen LogP contribution in [-0.4, -0.2) is 32.2 Å². The summed E-state index contributed by atoms with van der Waals surface area (Å²) in [7, 11) is -2.34. The number of rotatable bonds is 6. The van der Waals surface area contributed by atoms with E-state index < -0.39 is 21.9 Å². The lowest BCUT2D eigenvalue weighted by Crippen LogP contribution is -2.17. The fraction of sp³-hybridized carbons (Fsp3) is 0.400. The van der Waals surface area contributed by atoms with Gasteiger partial charge in [-0.2, -0.15) is 4.39 Å². The van der Waals surface area contributed by atoms with E-state index >= 15 is 0 Å². The van der Waals surface area contributed by atoms with Crippen LogP contribution < -0.4 is 4.72 Å². The zero-order valence-electron chi connectivity index (χ0n) is 9.72. The van der Waals surface area contributed by atoms with E-state index in [1.165, 1.54) is 13.2 Å². The first kappa shape index (κ1) is 14.4. The summed E-state index contributed by atoms with van der Waals surface area (Å²) >= 11 is 0. The Labute approximate surface area is 104 Å². The molecule has 0 bridgehead atoms. The SMILES string of the molecule is COC(=O)CCCS(=O)(=O)Nc1ccc(F)nc1. The summed E-state index contributed by atoms with van der Waals surface area (Å²) in [4.78, 5) is 14.1. The van der Waals surface area contributed by atoms with Gasteiger partial charge < -0.3 is 4.74 Å². The third kappa shape index (κ3) is 5.09. The van der Waals surface area contributed by atoms with Gasteiger partial charge in [-0.3, -0.25) is 9.52 Å². The average Bonchev–Trinajstić information content (AvgIpc) is 2.31. The Morgan fingerprint density at radius 2 is 2.22 bits per heavy atom. The number of hydrogen-bond acceptors (Lipinski definition) is 5. The van der Waals surface area contributed by atoms with Gasteiger partial charge in [0.15, 0.2) is 0 Å². The van der Waals surface area contributed by atoms with Gasteiger partial charge in [0, 0.05) is 6.42 Å². The molecule has 1 aromatic rings. The fourth-order valence-corrected chi connectivity index (χ4v) is 2.28. The van der Waals surface area contributed by atoms with E-state index in [4.69, 9.17) is 0 Å². The van der Waals surface area contributed by atoms with E-state index in [0.717, 1.165) is 12.3 Å². The number of methoxy groups -OCH3 is 1. The van der Waals surface area contributed by atoms with Gasteiger partial charge in [-0.25, -0.2) is 13.4 Å².